The van der Waals surface area contributed by atoms with Gasteiger partial charge in [0.15, 0.2) is 11.2 Å². The second-order valence-electron chi connectivity index (χ2n) is 5.86. The van der Waals surface area contributed by atoms with Gasteiger partial charge < -0.3 is 4.52 Å². The molecule has 0 saturated carbocycles. The highest BCUT2D eigenvalue weighted by atomic mass is 19.4. The molecule has 0 aromatic carbocycles. The summed E-state index contributed by atoms with van der Waals surface area (Å²) in [6.45, 7) is 5.49. The minimum absolute atomic E-state index is 0.0604. The van der Waals surface area contributed by atoms with E-state index < -0.39 is 29.8 Å². The number of alkyl halides is 3. The molecule has 1 heterocycles. The Bertz CT molecular complexity index is 558. The summed E-state index contributed by atoms with van der Waals surface area (Å²) in [7, 11) is 0. The van der Waals surface area contributed by atoms with Gasteiger partial charge in [-0.05, 0) is 6.42 Å². The molecule has 0 aliphatic rings. The Morgan fingerprint density at radius 3 is 2.05 bits per heavy atom. The Morgan fingerprint density at radius 1 is 1.10 bits per heavy atom. The Labute approximate surface area is 120 Å². The maximum absolute atomic E-state index is 12.3. The molecule has 0 fully saturated rings. The number of halogens is 3. The van der Waals surface area contributed by atoms with Crippen molar-refractivity contribution in [2.45, 2.75) is 51.6 Å². The zero-order chi connectivity index (χ0) is 16.3. The van der Waals surface area contributed by atoms with E-state index in [2.05, 4.69) is 10.1 Å². The summed E-state index contributed by atoms with van der Waals surface area (Å²) >= 11 is 0. The lowest BCUT2D eigenvalue weighted by atomic mass is 9.82. The lowest BCUT2D eigenvalue weighted by Gasteiger charge is -2.17. The highest BCUT2D eigenvalue weighted by molar-refractivity contribution is 5.17. The monoisotopic (exact) mass is 300 g/mol. The van der Waals surface area contributed by atoms with Crippen molar-refractivity contribution in [3.05, 3.63) is 11.7 Å². The summed E-state index contributed by atoms with van der Waals surface area (Å²) in [4.78, 5) is 4.05. The highest BCUT2D eigenvalue weighted by Gasteiger charge is 2.38. The van der Waals surface area contributed by atoms with E-state index in [0.29, 0.717) is 5.89 Å². The summed E-state index contributed by atoms with van der Waals surface area (Å²) < 4.78 is 41.9. The average Bonchev–Trinajstić information content (AvgIpc) is 2.82. The first-order chi connectivity index (χ1) is 9.51. The molecule has 5 nitrogen and oxygen atoms in total. The maximum Gasteiger partial charge on any atom is 0.389 e. The van der Waals surface area contributed by atoms with Crippen LogP contribution in [0, 0.1) is 28.1 Å². The summed E-state index contributed by atoms with van der Waals surface area (Å²) in [6, 6.07) is 3.30. The Balaban J connectivity index is 2.92. The minimum Gasteiger partial charge on any atom is -0.339 e. The van der Waals surface area contributed by atoms with Crippen LogP contribution in [0.1, 0.15) is 45.3 Å². The number of rotatable bonds is 4. The molecule has 1 rings (SSSR count). The highest BCUT2D eigenvalue weighted by Crippen LogP contribution is 2.33. The fourth-order valence-corrected chi connectivity index (χ4v) is 1.56. The maximum atomic E-state index is 12.3. The van der Waals surface area contributed by atoms with E-state index in [-0.39, 0.29) is 12.2 Å². The van der Waals surface area contributed by atoms with Crippen LogP contribution in [0.25, 0.3) is 0 Å². The fourth-order valence-electron chi connectivity index (χ4n) is 1.56. The van der Waals surface area contributed by atoms with Gasteiger partial charge in [-0.2, -0.15) is 28.7 Å². The molecular formula is C13H15F3N4O. The van der Waals surface area contributed by atoms with Gasteiger partial charge in [0, 0.05) is 18.3 Å². The van der Waals surface area contributed by atoms with Crippen molar-refractivity contribution in [2.24, 2.45) is 5.41 Å². The lowest BCUT2D eigenvalue weighted by molar-refractivity contribution is -0.138. The van der Waals surface area contributed by atoms with Crippen LogP contribution in [0.3, 0.4) is 0 Å². The summed E-state index contributed by atoms with van der Waals surface area (Å²) in [5.41, 5.74) is -2.23. The summed E-state index contributed by atoms with van der Waals surface area (Å²) in [6.07, 6.45) is -6.55. The van der Waals surface area contributed by atoms with Gasteiger partial charge >= 0.3 is 6.18 Å². The third-order valence-corrected chi connectivity index (χ3v) is 2.83. The van der Waals surface area contributed by atoms with E-state index in [1.165, 1.54) is 0 Å². The van der Waals surface area contributed by atoms with Crippen LogP contribution < -0.4 is 0 Å². The molecule has 0 saturated heterocycles. The summed E-state index contributed by atoms with van der Waals surface area (Å²) in [5, 5.41) is 21.8. The van der Waals surface area contributed by atoms with Crippen molar-refractivity contribution in [3.63, 3.8) is 0 Å². The molecule has 21 heavy (non-hydrogen) atoms. The van der Waals surface area contributed by atoms with Gasteiger partial charge in [-0.3, -0.25) is 0 Å². The SMILES string of the molecule is CC(C)(C)c1nc(CC(C#N)(C#N)CCC(F)(F)F)no1. The Morgan fingerprint density at radius 2 is 1.67 bits per heavy atom. The number of hydrogen-bond donors (Lipinski definition) is 0. The van der Waals surface area contributed by atoms with E-state index in [1.807, 2.05) is 20.8 Å². The van der Waals surface area contributed by atoms with Gasteiger partial charge in [0.05, 0.1) is 12.1 Å². The largest absolute Gasteiger partial charge is 0.389 e. The first kappa shape index (κ1) is 17.0. The van der Waals surface area contributed by atoms with Crippen molar-refractivity contribution in [1.82, 2.24) is 10.1 Å². The third kappa shape index (κ3) is 4.75. The molecule has 0 atom stereocenters. The van der Waals surface area contributed by atoms with E-state index >= 15 is 0 Å². The fraction of sp³-hybridized carbons (Fsp3) is 0.692. The summed E-state index contributed by atoms with van der Waals surface area (Å²) in [5.74, 6) is 0.364. The zero-order valence-corrected chi connectivity index (χ0v) is 12.0. The zero-order valence-electron chi connectivity index (χ0n) is 12.0. The molecule has 0 radical (unpaired) electrons. The topological polar surface area (TPSA) is 86.5 Å². The predicted molar refractivity (Wildman–Crippen MR) is 65.7 cm³/mol. The van der Waals surface area contributed by atoms with Crippen molar-refractivity contribution in [1.29, 1.82) is 10.5 Å². The van der Waals surface area contributed by atoms with Crippen LogP contribution in [0.5, 0.6) is 0 Å². The van der Waals surface area contributed by atoms with Gasteiger partial charge in [-0.25, -0.2) is 0 Å². The van der Waals surface area contributed by atoms with E-state index in [1.54, 1.807) is 12.1 Å². The van der Waals surface area contributed by atoms with Crippen LogP contribution >= 0.6 is 0 Å². The lowest BCUT2D eigenvalue weighted by Crippen LogP contribution is -2.23. The molecule has 0 unspecified atom stereocenters. The molecule has 114 valence electrons. The molecule has 0 bridgehead atoms. The molecule has 0 aliphatic heterocycles. The van der Waals surface area contributed by atoms with Gasteiger partial charge in [-0.15, -0.1) is 0 Å². The van der Waals surface area contributed by atoms with Gasteiger partial charge in [0.25, 0.3) is 0 Å². The molecule has 1 aromatic rings. The Hall–Kier alpha value is -2.09. The predicted octanol–water partition coefficient (Wildman–Crippen LogP) is 3.29. The Kier molecular flexibility index (Phi) is 4.62. The van der Waals surface area contributed by atoms with Crippen molar-refractivity contribution >= 4 is 0 Å². The first-order valence-electron chi connectivity index (χ1n) is 6.24. The van der Waals surface area contributed by atoms with Gasteiger partial charge in [0.2, 0.25) is 5.89 Å². The number of nitrogens with zero attached hydrogens (tertiary/aromatic N) is 4. The van der Waals surface area contributed by atoms with Crippen LogP contribution in [0.4, 0.5) is 13.2 Å². The van der Waals surface area contributed by atoms with Gasteiger partial charge in [0.1, 0.15) is 0 Å². The van der Waals surface area contributed by atoms with Crippen LogP contribution in [0.15, 0.2) is 4.52 Å². The van der Waals surface area contributed by atoms with E-state index in [0.717, 1.165) is 0 Å². The molecular weight excluding hydrogens is 285 g/mol. The molecule has 0 N–H and O–H groups in total. The van der Waals surface area contributed by atoms with Crippen LogP contribution in [0.2, 0.25) is 0 Å². The second-order valence-corrected chi connectivity index (χ2v) is 5.86. The van der Waals surface area contributed by atoms with E-state index in [9.17, 15) is 13.2 Å². The van der Waals surface area contributed by atoms with Crippen molar-refractivity contribution in [2.75, 3.05) is 0 Å². The molecule has 0 amide bonds. The number of hydrogen-bond acceptors (Lipinski definition) is 5. The second kappa shape index (κ2) is 5.72. The van der Waals surface area contributed by atoms with Crippen LogP contribution in [-0.4, -0.2) is 16.3 Å². The smallest absolute Gasteiger partial charge is 0.339 e. The van der Waals surface area contributed by atoms with E-state index in [4.69, 9.17) is 15.0 Å². The van der Waals surface area contributed by atoms with Crippen molar-refractivity contribution in [3.8, 4) is 12.1 Å². The van der Waals surface area contributed by atoms with Gasteiger partial charge in [-0.1, -0.05) is 25.9 Å². The molecule has 0 spiro atoms. The van der Waals surface area contributed by atoms with Crippen molar-refractivity contribution < 1.29 is 17.7 Å². The standard InChI is InChI=1S/C13H15F3N4O/c1-11(2,3)10-19-9(20-21-10)6-12(7-17,8-18)4-5-13(14,15)16/h4-6H2,1-3H3. The average molecular weight is 300 g/mol. The first-order valence-corrected chi connectivity index (χ1v) is 6.24. The third-order valence-electron chi connectivity index (χ3n) is 2.83. The van der Waals surface area contributed by atoms with Crippen LogP contribution in [-0.2, 0) is 11.8 Å². The minimum atomic E-state index is -4.42. The normalized spacial score (nSPS) is 12.8. The number of nitriles is 2. The molecule has 0 aliphatic carbocycles. The quantitative estimate of drug-likeness (QED) is 0.851. The molecule has 1 aromatic heterocycles. The number of aromatic nitrogens is 2. The molecule has 8 heteroatoms.